The molecule has 31 heavy (non-hydrogen) atoms. The molecule has 1 heterocycles. The van der Waals surface area contributed by atoms with Crippen molar-refractivity contribution < 1.29 is 19.1 Å². The third-order valence-electron chi connectivity index (χ3n) is 4.67. The third kappa shape index (κ3) is 5.71. The Balaban J connectivity index is 1.79. The first kappa shape index (κ1) is 23.0. The van der Waals surface area contributed by atoms with E-state index in [4.69, 9.17) is 32.7 Å². The fourth-order valence-corrected chi connectivity index (χ4v) is 3.54. The lowest BCUT2D eigenvalue weighted by Gasteiger charge is -2.29. The van der Waals surface area contributed by atoms with Crippen LogP contribution in [0.2, 0.25) is 10.0 Å². The van der Waals surface area contributed by atoms with Crippen LogP contribution >= 0.6 is 23.2 Å². The fraction of sp³-hybridized carbons (Fsp3) is 0.304. The van der Waals surface area contributed by atoms with Crippen molar-refractivity contribution in [3.63, 3.8) is 0 Å². The van der Waals surface area contributed by atoms with Crippen LogP contribution in [0.3, 0.4) is 0 Å². The number of ether oxygens (including phenoxy) is 2. The van der Waals surface area contributed by atoms with E-state index < -0.39 is 12.0 Å². The molecular weight excluding hydrogens is 439 g/mol. The van der Waals surface area contributed by atoms with E-state index in [0.717, 1.165) is 11.1 Å². The molecule has 2 N–H and O–H groups in total. The van der Waals surface area contributed by atoms with E-state index >= 15 is 0 Å². The van der Waals surface area contributed by atoms with Gasteiger partial charge in [-0.05, 0) is 55.7 Å². The van der Waals surface area contributed by atoms with Crippen molar-refractivity contribution in [1.29, 1.82) is 0 Å². The molecule has 1 aliphatic rings. The molecule has 1 unspecified atom stereocenters. The molecule has 8 heteroatoms. The Morgan fingerprint density at radius 3 is 2.42 bits per heavy atom. The summed E-state index contributed by atoms with van der Waals surface area (Å²) >= 11 is 12.0. The molecule has 0 aliphatic carbocycles. The number of nitrogens with one attached hydrogen (secondary N) is 2. The monoisotopic (exact) mass is 462 g/mol. The van der Waals surface area contributed by atoms with Gasteiger partial charge in [0.2, 0.25) is 0 Å². The van der Waals surface area contributed by atoms with Crippen LogP contribution in [0.25, 0.3) is 0 Å². The molecule has 3 rings (SSSR count). The maximum atomic E-state index is 12.7. The van der Waals surface area contributed by atoms with Crippen LogP contribution in [-0.2, 0) is 16.1 Å². The van der Waals surface area contributed by atoms with E-state index in [0.29, 0.717) is 40.1 Å². The number of urea groups is 1. The summed E-state index contributed by atoms with van der Waals surface area (Å²) in [6.07, 6.45) is 0.227. The maximum Gasteiger partial charge on any atom is 0.338 e. The van der Waals surface area contributed by atoms with Crippen molar-refractivity contribution in [3.8, 4) is 5.75 Å². The second-order valence-corrected chi connectivity index (χ2v) is 8.15. The normalized spacial score (nSPS) is 16.1. The Kier molecular flexibility index (Phi) is 7.46. The average Bonchev–Trinajstić information content (AvgIpc) is 2.73. The topological polar surface area (TPSA) is 76.7 Å². The molecule has 0 fully saturated rings. The van der Waals surface area contributed by atoms with Gasteiger partial charge >= 0.3 is 12.0 Å². The van der Waals surface area contributed by atoms with Gasteiger partial charge in [-0.15, -0.1) is 0 Å². The number of allylic oxidation sites excluding steroid dienone is 1. The van der Waals surface area contributed by atoms with Crippen molar-refractivity contribution in [2.75, 3.05) is 0 Å². The summed E-state index contributed by atoms with van der Waals surface area (Å²) in [5.41, 5.74) is 2.59. The summed E-state index contributed by atoms with van der Waals surface area (Å²) in [7, 11) is 0. The van der Waals surface area contributed by atoms with Crippen LogP contribution in [0, 0.1) is 0 Å². The lowest BCUT2D eigenvalue weighted by atomic mass is 9.94. The van der Waals surface area contributed by atoms with E-state index in [-0.39, 0.29) is 12.1 Å². The number of amides is 2. The molecule has 2 aromatic rings. The molecule has 0 aromatic heterocycles. The number of halogens is 2. The predicted octanol–water partition coefficient (Wildman–Crippen LogP) is 5.54. The van der Waals surface area contributed by atoms with Gasteiger partial charge in [0.1, 0.15) is 12.4 Å². The van der Waals surface area contributed by atoms with Gasteiger partial charge < -0.3 is 20.1 Å². The van der Waals surface area contributed by atoms with Crippen LogP contribution in [0.1, 0.15) is 44.4 Å². The first-order chi connectivity index (χ1) is 14.8. The number of hydrogen-bond acceptors (Lipinski definition) is 4. The van der Waals surface area contributed by atoms with Crippen LogP contribution < -0.4 is 15.4 Å². The van der Waals surface area contributed by atoms with Gasteiger partial charge in [-0.2, -0.15) is 0 Å². The first-order valence-electron chi connectivity index (χ1n) is 9.96. The smallest absolute Gasteiger partial charge is 0.338 e. The molecule has 6 nitrogen and oxygen atoms in total. The van der Waals surface area contributed by atoms with Gasteiger partial charge in [-0.3, -0.25) is 0 Å². The molecule has 0 saturated heterocycles. The number of carbonyl (C=O) groups excluding carboxylic acids is 2. The Bertz CT molecular complexity index is 1000. The Labute approximate surface area is 191 Å². The zero-order valence-corrected chi connectivity index (χ0v) is 19.0. The van der Waals surface area contributed by atoms with E-state index in [9.17, 15) is 9.59 Å². The molecule has 0 bridgehead atoms. The lowest BCUT2D eigenvalue weighted by Crippen LogP contribution is -2.46. The first-order valence-corrected chi connectivity index (χ1v) is 10.7. The van der Waals surface area contributed by atoms with Crippen LogP contribution in [0.4, 0.5) is 4.79 Å². The summed E-state index contributed by atoms with van der Waals surface area (Å²) in [5, 5.41) is 6.49. The summed E-state index contributed by atoms with van der Waals surface area (Å²) in [4.78, 5) is 24.9. The van der Waals surface area contributed by atoms with Gasteiger partial charge in [0.25, 0.3) is 0 Å². The van der Waals surface area contributed by atoms with Crippen LogP contribution in [0.5, 0.6) is 5.75 Å². The fourth-order valence-electron chi connectivity index (χ4n) is 3.22. The lowest BCUT2D eigenvalue weighted by molar-refractivity contribution is -0.143. The average molecular weight is 463 g/mol. The SMILES string of the molecule is CCC1=C(C(=O)OC(C)C)C(c2ccc(OCc3ccc(Cl)c(Cl)c3)cc2)NC(=O)N1. The Morgan fingerprint density at radius 1 is 1.10 bits per heavy atom. The molecule has 2 amide bonds. The number of rotatable bonds is 7. The number of hydrogen-bond donors (Lipinski definition) is 2. The standard InChI is InChI=1S/C23H24Cl2N2O4/c1-4-19-20(22(28)31-13(2)3)21(27-23(29)26-19)15-6-8-16(9-7-15)30-12-14-5-10-17(24)18(25)11-14/h5-11,13,21H,4,12H2,1-3H3,(H2,26,27,29). The Morgan fingerprint density at radius 2 is 1.81 bits per heavy atom. The maximum absolute atomic E-state index is 12.7. The van der Waals surface area contributed by atoms with Crippen molar-refractivity contribution >= 4 is 35.2 Å². The summed E-state index contributed by atoms with van der Waals surface area (Å²) in [6, 6.07) is 11.6. The van der Waals surface area contributed by atoms with Gasteiger partial charge in [0.15, 0.2) is 0 Å². The van der Waals surface area contributed by atoms with Crippen molar-refractivity contribution in [1.82, 2.24) is 10.6 Å². The summed E-state index contributed by atoms with van der Waals surface area (Å²) in [5.74, 6) is 0.186. The molecule has 0 saturated carbocycles. The molecule has 0 spiro atoms. The predicted molar refractivity (Wildman–Crippen MR) is 120 cm³/mol. The number of carbonyl (C=O) groups is 2. The molecule has 2 aromatic carbocycles. The zero-order chi connectivity index (χ0) is 22.5. The highest BCUT2D eigenvalue weighted by Gasteiger charge is 2.33. The van der Waals surface area contributed by atoms with Crippen LogP contribution in [0.15, 0.2) is 53.7 Å². The summed E-state index contributed by atoms with van der Waals surface area (Å²) in [6.45, 7) is 5.77. The quantitative estimate of drug-likeness (QED) is 0.529. The van der Waals surface area contributed by atoms with Crippen molar-refractivity contribution in [2.45, 2.75) is 45.9 Å². The van der Waals surface area contributed by atoms with Gasteiger partial charge in [0.05, 0.1) is 27.8 Å². The highest BCUT2D eigenvalue weighted by molar-refractivity contribution is 6.42. The Hall–Kier alpha value is -2.70. The van der Waals surface area contributed by atoms with E-state index in [1.54, 1.807) is 38.1 Å². The zero-order valence-electron chi connectivity index (χ0n) is 17.5. The molecule has 164 valence electrons. The van der Waals surface area contributed by atoms with E-state index in [1.165, 1.54) is 0 Å². The second-order valence-electron chi connectivity index (χ2n) is 7.34. The minimum absolute atomic E-state index is 0.270. The molecular formula is C23H24Cl2N2O4. The number of esters is 1. The highest BCUT2D eigenvalue weighted by atomic mass is 35.5. The van der Waals surface area contributed by atoms with E-state index in [1.807, 2.05) is 25.1 Å². The largest absolute Gasteiger partial charge is 0.489 e. The molecule has 1 atom stereocenters. The van der Waals surface area contributed by atoms with Crippen molar-refractivity contribution in [2.24, 2.45) is 0 Å². The molecule has 0 radical (unpaired) electrons. The van der Waals surface area contributed by atoms with Crippen LogP contribution in [-0.4, -0.2) is 18.1 Å². The van der Waals surface area contributed by atoms with Crippen molar-refractivity contribution in [3.05, 3.63) is 74.9 Å². The molecule has 1 aliphatic heterocycles. The number of benzene rings is 2. The highest BCUT2D eigenvalue weighted by Crippen LogP contribution is 2.30. The van der Waals surface area contributed by atoms with Gasteiger partial charge in [-0.25, -0.2) is 9.59 Å². The van der Waals surface area contributed by atoms with Gasteiger partial charge in [-0.1, -0.05) is 48.3 Å². The summed E-state index contributed by atoms with van der Waals surface area (Å²) < 4.78 is 11.2. The third-order valence-corrected chi connectivity index (χ3v) is 5.41. The second kappa shape index (κ2) is 10.1. The minimum atomic E-state index is -0.612. The minimum Gasteiger partial charge on any atom is -0.489 e. The van der Waals surface area contributed by atoms with Gasteiger partial charge in [0, 0.05) is 5.70 Å². The van der Waals surface area contributed by atoms with E-state index in [2.05, 4.69) is 10.6 Å².